The predicted octanol–water partition coefficient (Wildman–Crippen LogP) is 0.312. The van der Waals surface area contributed by atoms with Crippen LogP contribution in [-0.4, -0.2) is 99.2 Å². The highest BCUT2D eigenvalue weighted by Crippen LogP contribution is 2.36. The number of alkyl halides is 1. The number of amides is 1. The number of ether oxygens (including phenoxy) is 2. The van der Waals surface area contributed by atoms with E-state index in [0.29, 0.717) is 19.1 Å². The Hall–Kier alpha value is -0.950. The first-order chi connectivity index (χ1) is 17.2. The van der Waals surface area contributed by atoms with E-state index in [1.54, 1.807) is 13.2 Å². The Balaban J connectivity index is 1.43. The molecule has 11 heteroatoms. The first-order valence-corrected chi connectivity index (χ1v) is 14.2. The second-order valence-corrected chi connectivity index (χ2v) is 11.6. The van der Waals surface area contributed by atoms with E-state index in [-0.39, 0.29) is 24.5 Å². The number of nitrogens with one attached hydrogen (secondary N) is 2. The van der Waals surface area contributed by atoms with Gasteiger partial charge in [0.25, 0.3) is 0 Å². The fraction of sp³-hybridized carbons (Fsp3) is 0.720. The lowest BCUT2D eigenvalue weighted by Gasteiger charge is -2.44. The van der Waals surface area contributed by atoms with Crippen molar-refractivity contribution in [2.75, 3.05) is 19.4 Å². The molecule has 6 N–H and O–H groups in total. The van der Waals surface area contributed by atoms with Gasteiger partial charge in [-0.1, -0.05) is 24.3 Å². The zero-order valence-corrected chi connectivity index (χ0v) is 22.1. The standard InChI is InChI=1S/C25H37ClN2O7S/c1-12(26)17(23-20(31)19(30)21(32)25(35-23)36-2)28-24(33)18-22-16(10-27-18)9-15(7-8-34-22)14-5-3-13(11-29)4-6-14/h3-6,12,15-23,25,27,29-32H,7-11H2,1-2H3,(H,28,33)/t12-,15+,16-,17+,18-,19+,20?,21+,22+,23+,25?/m0/s1. The summed E-state index contributed by atoms with van der Waals surface area (Å²) < 4.78 is 12.0. The smallest absolute Gasteiger partial charge is 0.240 e. The van der Waals surface area contributed by atoms with Crippen LogP contribution in [0.2, 0.25) is 0 Å². The van der Waals surface area contributed by atoms with Crippen LogP contribution in [0.4, 0.5) is 0 Å². The van der Waals surface area contributed by atoms with Crippen molar-refractivity contribution in [3.63, 3.8) is 0 Å². The van der Waals surface area contributed by atoms with Crippen molar-refractivity contribution in [3.05, 3.63) is 35.4 Å². The summed E-state index contributed by atoms with van der Waals surface area (Å²) in [7, 11) is 0. The number of rotatable bonds is 7. The fourth-order valence-electron chi connectivity index (χ4n) is 5.58. The van der Waals surface area contributed by atoms with Crippen LogP contribution in [-0.2, 0) is 20.9 Å². The van der Waals surface area contributed by atoms with Crippen molar-refractivity contribution < 1.29 is 34.7 Å². The molecule has 0 saturated carbocycles. The lowest BCUT2D eigenvalue weighted by atomic mass is 9.85. The maximum Gasteiger partial charge on any atom is 0.240 e. The van der Waals surface area contributed by atoms with Gasteiger partial charge in [0.2, 0.25) is 5.91 Å². The number of fused-ring (bicyclic) bond motifs is 1. The molecule has 3 aliphatic rings. The third kappa shape index (κ3) is 5.87. The number of aliphatic hydroxyl groups excluding tert-OH is 4. The molecular weight excluding hydrogens is 508 g/mol. The molecule has 0 aliphatic carbocycles. The Morgan fingerprint density at radius 2 is 1.94 bits per heavy atom. The largest absolute Gasteiger partial charge is 0.392 e. The Bertz CT molecular complexity index is 876. The molecule has 2 unspecified atom stereocenters. The van der Waals surface area contributed by atoms with Gasteiger partial charge in [-0.15, -0.1) is 23.4 Å². The number of hydrogen-bond acceptors (Lipinski definition) is 9. The highest BCUT2D eigenvalue weighted by atomic mass is 35.5. The Kier molecular flexibility index (Phi) is 9.57. The maximum absolute atomic E-state index is 13.4. The summed E-state index contributed by atoms with van der Waals surface area (Å²) in [5.41, 5.74) is 1.32. The zero-order valence-electron chi connectivity index (χ0n) is 20.5. The van der Waals surface area contributed by atoms with Gasteiger partial charge in [-0.3, -0.25) is 4.79 Å². The van der Waals surface area contributed by atoms with Crippen LogP contribution in [0, 0.1) is 5.92 Å². The summed E-state index contributed by atoms with van der Waals surface area (Å²) in [6.07, 6.45) is -1.92. The number of carbonyl (C=O) groups is 1. The minimum absolute atomic E-state index is 0.0157. The van der Waals surface area contributed by atoms with Crippen LogP contribution in [0.25, 0.3) is 0 Å². The van der Waals surface area contributed by atoms with Gasteiger partial charge in [0.1, 0.15) is 35.9 Å². The summed E-state index contributed by atoms with van der Waals surface area (Å²) in [5.74, 6) is 0.143. The van der Waals surface area contributed by atoms with E-state index in [0.717, 1.165) is 18.4 Å². The summed E-state index contributed by atoms with van der Waals surface area (Å²) in [4.78, 5) is 13.4. The molecule has 1 aromatic rings. The molecule has 3 fully saturated rings. The molecule has 202 valence electrons. The average Bonchev–Trinajstić information content (AvgIpc) is 3.16. The molecule has 36 heavy (non-hydrogen) atoms. The zero-order chi connectivity index (χ0) is 26.0. The van der Waals surface area contributed by atoms with E-state index >= 15 is 0 Å². The average molecular weight is 545 g/mol. The second-order valence-electron chi connectivity index (χ2n) is 9.99. The minimum atomic E-state index is -1.42. The van der Waals surface area contributed by atoms with Gasteiger partial charge < -0.3 is 40.5 Å². The van der Waals surface area contributed by atoms with E-state index < -0.39 is 47.3 Å². The maximum atomic E-state index is 13.4. The molecule has 1 amide bonds. The van der Waals surface area contributed by atoms with Gasteiger partial charge in [0.15, 0.2) is 0 Å². The van der Waals surface area contributed by atoms with E-state index in [4.69, 9.17) is 21.1 Å². The molecule has 11 atom stereocenters. The molecule has 1 aromatic carbocycles. The Morgan fingerprint density at radius 3 is 2.58 bits per heavy atom. The van der Waals surface area contributed by atoms with Crippen LogP contribution in [0.3, 0.4) is 0 Å². The Morgan fingerprint density at radius 1 is 1.22 bits per heavy atom. The number of halogens is 1. The molecule has 0 spiro atoms. The van der Waals surface area contributed by atoms with Crippen LogP contribution in [0.5, 0.6) is 0 Å². The quantitative estimate of drug-likeness (QED) is 0.268. The lowest BCUT2D eigenvalue weighted by molar-refractivity contribution is -0.205. The molecule has 3 aliphatic heterocycles. The first-order valence-electron chi connectivity index (χ1n) is 12.5. The van der Waals surface area contributed by atoms with Gasteiger partial charge in [0, 0.05) is 19.1 Å². The minimum Gasteiger partial charge on any atom is -0.392 e. The number of aliphatic hydroxyl groups is 4. The van der Waals surface area contributed by atoms with E-state index in [9.17, 15) is 25.2 Å². The van der Waals surface area contributed by atoms with Crippen LogP contribution in [0.1, 0.15) is 36.8 Å². The third-order valence-electron chi connectivity index (χ3n) is 7.67. The number of thioether (sulfide) groups is 1. The van der Waals surface area contributed by atoms with Crippen molar-refractivity contribution in [2.45, 2.75) is 85.7 Å². The van der Waals surface area contributed by atoms with Crippen LogP contribution in [0.15, 0.2) is 24.3 Å². The van der Waals surface area contributed by atoms with E-state index in [1.165, 1.54) is 17.3 Å². The predicted molar refractivity (Wildman–Crippen MR) is 137 cm³/mol. The summed E-state index contributed by atoms with van der Waals surface area (Å²) in [6.45, 7) is 2.87. The molecule has 3 saturated heterocycles. The summed E-state index contributed by atoms with van der Waals surface area (Å²) >= 11 is 7.63. The third-order valence-corrected chi connectivity index (χ3v) is 8.80. The highest BCUT2D eigenvalue weighted by Gasteiger charge is 2.49. The molecule has 0 aromatic heterocycles. The van der Waals surface area contributed by atoms with Crippen molar-refractivity contribution in [1.29, 1.82) is 0 Å². The van der Waals surface area contributed by atoms with Crippen molar-refractivity contribution in [1.82, 2.24) is 10.6 Å². The normalized spacial score (nSPS) is 38.6. The van der Waals surface area contributed by atoms with Crippen molar-refractivity contribution >= 4 is 29.3 Å². The van der Waals surface area contributed by atoms with Crippen LogP contribution >= 0.6 is 23.4 Å². The summed E-state index contributed by atoms with van der Waals surface area (Å²) in [6, 6.07) is 6.60. The second kappa shape index (κ2) is 12.3. The topological polar surface area (TPSA) is 141 Å². The highest BCUT2D eigenvalue weighted by molar-refractivity contribution is 7.99. The molecule has 3 heterocycles. The summed E-state index contributed by atoms with van der Waals surface area (Å²) in [5, 5.41) is 46.0. The lowest BCUT2D eigenvalue weighted by Crippen LogP contribution is -2.65. The van der Waals surface area contributed by atoms with Crippen molar-refractivity contribution in [2.24, 2.45) is 5.92 Å². The van der Waals surface area contributed by atoms with Gasteiger partial charge in [-0.2, -0.15) is 0 Å². The SMILES string of the molecule is CSC1O[C@H]([C@H](NC(=O)[C@H]2NC[C@@H]3C[C@H](c4ccc(CO)cc4)CCO[C@H]32)[C@H](C)Cl)C(O)[C@@H](O)[C@H]1O. The van der Waals surface area contributed by atoms with E-state index in [2.05, 4.69) is 22.8 Å². The molecule has 9 nitrogen and oxygen atoms in total. The number of carbonyl (C=O) groups excluding carboxylic acids is 1. The number of benzene rings is 1. The molecular formula is C25H37ClN2O7S. The van der Waals surface area contributed by atoms with Gasteiger partial charge in [-0.25, -0.2) is 0 Å². The number of hydrogen-bond donors (Lipinski definition) is 6. The molecule has 4 rings (SSSR count). The van der Waals surface area contributed by atoms with Crippen molar-refractivity contribution in [3.8, 4) is 0 Å². The first kappa shape index (κ1) is 28.1. The van der Waals surface area contributed by atoms with Gasteiger partial charge >= 0.3 is 0 Å². The van der Waals surface area contributed by atoms with Gasteiger partial charge in [0.05, 0.1) is 24.1 Å². The van der Waals surface area contributed by atoms with Gasteiger partial charge in [-0.05, 0) is 43.1 Å². The fourth-order valence-corrected chi connectivity index (χ4v) is 6.47. The molecule has 0 radical (unpaired) electrons. The molecule has 0 bridgehead atoms. The monoisotopic (exact) mass is 544 g/mol. The van der Waals surface area contributed by atoms with E-state index in [1.807, 2.05) is 12.1 Å². The Labute approximate surface area is 220 Å². The van der Waals surface area contributed by atoms with Crippen LogP contribution < -0.4 is 10.6 Å².